The zero-order chi connectivity index (χ0) is 11.8. The Morgan fingerprint density at radius 2 is 2.06 bits per heavy atom. The van der Waals surface area contributed by atoms with E-state index in [-0.39, 0.29) is 6.42 Å². The van der Waals surface area contributed by atoms with Gasteiger partial charge in [0, 0.05) is 0 Å². The van der Waals surface area contributed by atoms with Gasteiger partial charge >= 0.3 is 5.97 Å². The van der Waals surface area contributed by atoms with Crippen LogP contribution in [0.3, 0.4) is 0 Å². The van der Waals surface area contributed by atoms with E-state index in [1.54, 1.807) is 24.3 Å². The molecule has 0 saturated carbocycles. The molecular formula is C13H16O3. The fourth-order valence-electron chi connectivity index (χ4n) is 1.30. The van der Waals surface area contributed by atoms with Crippen LogP contribution in [0, 0.1) is 0 Å². The van der Waals surface area contributed by atoms with Crippen LogP contribution < -0.4 is 4.74 Å². The third kappa shape index (κ3) is 4.64. The molecule has 3 heteroatoms. The lowest BCUT2D eigenvalue weighted by molar-refractivity contribution is -0.136. The van der Waals surface area contributed by atoms with Crippen molar-refractivity contribution >= 4 is 5.97 Å². The molecule has 0 radical (unpaired) electrons. The molecule has 0 unspecified atom stereocenters. The summed E-state index contributed by atoms with van der Waals surface area (Å²) in [6, 6.07) is 7.15. The Labute approximate surface area is 95.4 Å². The number of ether oxygens (including phenoxy) is 1. The van der Waals surface area contributed by atoms with Gasteiger partial charge in [0.2, 0.25) is 0 Å². The van der Waals surface area contributed by atoms with E-state index in [1.165, 1.54) is 0 Å². The molecule has 1 aromatic rings. The lowest BCUT2D eigenvalue weighted by Gasteiger charge is -2.05. The third-order valence-electron chi connectivity index (χ3n) is 2.10. The number of hydrogen-bond donors (Lipinski definition) is 1. The first-order valence-electron chi connectivity index (χ1n) is 5.27. The van der Waals surface area contributed by atoms with Gasteiger partial charge in [-0.25, -0.2) is 0 Å². The highest BCUT2D eigenvalue weighted by Crippen LogP contribution is 2.13. The highest BCUT2D eigenvalue weighted by atomic mass is 16.5. The van der Waals surface area contributed by atoms with E-state index < -0.39 is 5.97 Å². The van der Waals surface area contributed by atoms with E-state index in [0.717, 1.165) is 24.2 Å². The molecule has 0 spiro atoms. The Bertz CT molecular complexity index is 341. The van der Waals surface area contributed by atoms with E-state index >= 15 is 0 Å². The summed E-state index contributed by atoms with van der Waals surface area (Å²) in [6.45, 7) is 4.29. The van der Waals surface area contributed by atoms with Gasteiger partial charge in [-0.3, -0.25) is 4.79 Å². The first-order chi connectivity index (χ1) is 7.72. The van der Waals surface area contributed by atoms with Crippen LogP contribution in [-0.4, -0.2) is 17.7 Å². The molecule has 0 aliphatic rings. The predicted octanol–water partition coefficient (Wildman–Crippen LogP) is 2.66. The van der Waals surface area contributed by atoms with Crippen molar-refractivity contribution in [2.45, 2.75) is 19.3 Å². The smallest absolute Gasteiger partial charge is 0.307 e. The van der Waals surface area contributed by atoms with Crippen molar-refractivity contribution in [1.82, 2.24) is 0 Å². The number of unbranched alkanes of at least 4 members (excludes halogenated alkanes) is 1. The average Bonchev–Trinajstić information content (AvgIpc) is 2.26. The minimum atomic E-state index is -0.820. The molecule has 0 aromatic heterocycles. The van der Waals surface area contributed by atoms with Crippen molar-refractivity contribution in [3.05, 3.63) is 42.5 Å². The van der Waals surface area contributed by atoms with Gasteiger partial charge in [-0.15, -0.1) is 6.58 Å². The number of hydrogen-bond acceptors (Lipinski definition) is 2. The van der Waals surface area contributed by atoms with Crippen molar-refractivity contribution in [3.63, 3.8) is 0 Å². The summed E-state index contributed by atoms with van der Waals surface area (Å²) in [5.41, 5.74) is 0.783. The van der Waals surface area contributed by atoms with Crippen molar-refractivity contribution < 1.29 is 14.6 Å². The minimum Gasteiger partial charge on any atom is -0.494 e. The summed E-state index contributed by atoms with van der Waals surface area (Å²) in [5, 5.41) is 8.60. The van der Waals surface area contributed by atoms with E-state index in [0.29, 0.717) is 6.61 Å². The number of rotatable bonds is 7. The maximum Gasteiger partial charge on any atom is 0.307 e. The number of aliphatic carboxylic acids is 1. The molecular weight excluding hydrogens is 204 g/mol. The first kappa shape index (κ1) is 12.3. The van der Waals surface area contributed by atoms with Gasteiger partial charge in [-0.2, -0.15) is 0 Å². The fraction of sp³-hybridized carbons (Fsp3) is 0.308. The van der Waals surface area contributed by atoms with Crippen LogP contribution in [-0.2, 0) is 11.2 Å². The Kier molecular flexibility index (Phi) is 5.12. The molecule has 3 nitrogen and oxygen atoms in total. The molecule has 0 heterocycles. The number of carbonyl (C=O) groups is 1. The average molecular weight is 220 g/mol. The zero-order valence-corrected chi connectivity index (χ0v) is 9.19. The van der Waals surface area contributed by atoms with Crippen LogP contribution in [0.15, 0.2) is 36.9 Å². The highest BCUT2D eigenvalue weighted by Gasteiger charge is 2.00. The van der Waals surface area contributed by atoms with Crippen LogP contribution >= 0.6 is 0 Å². The van der Waals surface area contributed by atoms with Crippen LogP contribution in [0.1, 0.15) is 18.4 Å². The summed E-state index contributed by atoms with van der Waals surface area (Å²) < 4.78 is 5.47. The summed E-state index contributed by atoms with van der Waals surface area (Å²) in [7, 11) is 0. The summed E-state index contributed by atoms with van der Waals surface area (Å²) >= 11 is 0. The minimum absolute atomic E-state index is 0.0523. The summed E-state index contributed by atoms with van der Waals surface area (Å²) in [4.78, 5) is 10.5. The van der Waals surface area contributed by atoms with Crippen molar-refractivity contribution in [1.29, 1.82) is 0 Å². The van der Waals surface area contributed by atoms with Crippen molar-refractivity contribution in [3.8, 4) is 5.75 Å². The van der Waals surface area contributed by atoms with Crippen LogP contribution in [0.25, 0.3) is 0 Å². The van der Waals surface area contributed by atoms with Gasteiger partial charge in [0.15, 0.2) is 0 Å². The molecule has 16 heavy (non-hydrogen) atoms. The maximum atomic E-state index is 10.5. The fourth-order valence-corrected chi connectivity index (χ4v) is 1.30. The Hall–Kier alpha value is -1.77. The van der Waals surface area contributed by atoms with Gasteiger partial charge in [-0.05, 0) is 30.5 Å². The van der Waals surface area contributed by atoms with E-state index in [9.17, 15) is 4.79 Å². The lowest BCUT2D eigenvalue weighted by atomic mass is 10.1. The molecule has 0 atom stereocenters. The molecule has 0 fully saturated rings. The van der Waals surface area contributed by atoms with Gasteiger partial charge < -0.3 is 9.84 Å². The second-order valence-electron chi connectivity index (χ2n) is 3.49. The van der Waals surface area contributed by atoms with Gasteiger partial charge in [0.25, 0.3) is 0 Å². The molecule has 0 amide bonds. The maximum absolute atomic E-state index is 10.5. The second-order valence-corrected chi connectivity index (χ2v) is 3.49. The largest absolute Gasteiger partial charge is 0.494 e. The molecule has 1 rings (SSSR count). The van der Waals surface area contributed by atoms with Gasteiger partial charge in [0.05, 0.1) is 13.0 Å². The number of carboxylic acids is 1. The number of allylic oxidation sites excluding steroid dienone is 1. The van der Waals surface area contributed by atoms with E-state index in [4.69, 9.17) is 9.84 Å². The highest BCUT2D eigenvalue weighted by molar-refractivity contribution is 5.70. The molecule has 86 valence electrons. The monoisotopic (exact) mass is 220 g/mol. The standard InChI is InChI=1S/C13H16O3/c1-2-3-4-9-16-12-7-5-11(6-8-12)10-13(14)15/h2,5-8H,1,3-4,9-10H2,(H,14,15). The van der Waals surface area contributed by atoms with E-state index in [2.05, 4.69) is 6.58 Å². The van der Waals surface area contributed by atoms with Gasteiger partial charge in [0.1, 0.15) is 5.75 Å². The van der Waals surface area contributed by atoms with Crippen molar-refractivity contribution in [2.75, 3.05) is 6.61 Å². The zero-order valence-electron chi connectivity index (χ0n) is 9.19. The first-order valence-corrected chi connectivity index (χ1v) is 5.27. The third-order valence-corrected chi connectivity index (χ3v) is 2.10. The van der Waals surface area contributed by atoms with Crippen LogP contribution in [0.5, 0.6) is 5.75 Å². The lowest BCUT2D eigenvalue weighted by Crippen LogP contribution is -2.00. The van der Waals surface area contributed by atoms with E-state index in [1.807, 2.05) is 6.08 Å². The topological polar surface area (TPSA) is 46.5 Å². The Morgan fingerprint density at radius 1 is 1.38 bits per heavy atom. The molecule has 0 saturated heterocycles. The normalized spacial score (nSPS) is 9.75. The molecule has 0 bridgehead atoms. The van der Waals surface area contributed by atoms with Crippen LogP contribution in [0.2, 0.25) is 0 Å². The van der Waals surface area contributed by atoms with Gasteiger partial charge in [-0.1, -0.05) is 18.2 Å². The second kappa shape index (κ2) is 6.67. The number of carboxylic acid groups (broad SMARTS) is 1. The molecule has 1 N–H and O–H groups in total. The Morgan fingerprint density at radius 3 is 2.62 bits per heavy atom. The van der Waals surface area contributed by atoms with Crippen molar-refractivity contribution in [2.24, 2.45) is 0 Å². The molecule has 1 aromatic carbocycles. The Balaban J connectivity index is 2.38. The predicted molar refractivity (Wildman–Crippen MR) is 62.7 cm³/mol. The summed E-state index contributed by atoms with van der Waals surface area (Å²) in [5.74, 6) is -0.0437. The van der Waals surface area contributed by atoms with Crippen LogP contribution in [0.4, 0.5) is 0 Å². The quantitative estimate of drug-likeness (QED) is 0.567. The molecule has 0 aliphatic heterocycles. The number of benzene rings is 1. The summed E-state index contributed by atoms with van der Waals surface area (Å²) in [6.07, 6.45) is 3.80. The molecule has 0 aliphatic carbocycles. The SMILES string of the molecule is C=CCCCOc1ccc(CC(=O)O)cc1.